The Bertz CT molecular complexity index is 456. The molecule has 1 aromatic rings. The zero-order valence-electron chi connectivity index (χ0n) is 12.0. The third-order valence-corrected chi connectivity index (χ3v) is 4.00. The molecule has 0 radical (unpaired) electrons. The molecular weight excluding hydrogens is 254 g/mol. The Morgan fingerprint density at radius 2 is 2.20 bits per heavy atom. The number of pyridine rings is 1. The van der Waals surface area contributed by atoms with Crippen LogP contribution in [0.25, 0.3) is 0 Å². The highest BCUT2D eigenvalue weighted by Crippen LogP contribution is 2.37. The first-order chi connectivity index (χ1) is 9.69. The number of carbonyl (C=O) groups is 1. The van der Waals surface area contributed by atoms with Crippen LogP contribution in [0.2, 0.25) is 0 Å². The summed E-state index contributed by atoms with van der Waals surface area (Å²) in [5.74, 6) is -0.158. The molecule has 0 aromatic carbocycles. The van der Waals surface area contributed by atoms with Crippen molar-refractivity contribution in [3.63, 3.8) is 0 Å². The number of aliphatic hydroxyl groups excluding tert-OH is 1. The van der Waals surface area contributed by atoms with E-state index in [1.165, 1.54) is 12.8 Å². The van der Waals surface area contributed by atoms with Crippen LogP contribution in [-0.4, -0.2) is 35.7 Å². The Balaban J connectivity index is 1.99. The first kappa shape index (κ1) is 14.8. The van der Waals surface area contributed by atoms with Crippen molar-refractivity contribution in [3.05, 3.63) is 24.0 Å². The molecular formula is C15H23N3O2. The number of aromatic nitrogens is 1. The Morgan fingerprint density at radius 3 is 2.85 bits per heavy atom. The fourth-order valence-electron chi connectivity index (χ4n) is 2.72. The lowest BCUT2D eigenvalue weighted by atomic mass is 9.87. The zero-order chi connectivity index (χ0) is 14.4. The van der Waals surface area contributed by atoms with E-state index in [0.29, 0.717) is 12.2 Å². The number of rotatable bonds is 6. The van der Waals surface area contributed by atoms with E-state index in [1.807, 2.05) is 13.0 Å². The number of nitrogens with one attached hydrogen (secondary N) is 2. The van der Waals surface area contributed by atoms with Gasteiger partial charge in [-0.3, -0.25) is 9.78 Å². The fraction of sp³-hybridized carbons (Fsp3) is 0.600. The minimum absolute atomic E-state index is 0.00485. The van der Waals surface area contributed by atoms with Crippen LogP contribution in [0.3, 0.4) is 0 Å². The van der Waals surface area contributed by atoms with Gasteiger partial charge in [0.05, 0.1) is 6.61 Å². The monoisotopic (exact) mass is 277 g/mol. The van der Waals surface area contributed by atoms with E-state index in [2.05, 4.69) is 15.6 Å². The van der Waals surface area contributed by atoms with Gasteiger partial charge in [0, 0.05) is 30.4 Å². The molecule has 0 unspecified atom stereocenters. The van der Waals surface area contributed by atoms with Gasteiger partial charge in [0.25, 0.3) is 5.91 Å². The summed E-state index contributed by atoms with van der Waals surface area (Å²) < 4.78 is 0. The molecule has 0 atom stereocenters. The van der Waals surface area contributed by atoms with Gasteiger partial charge in [-0.05, 0) is 31.9 Å². The SMILES string of the molecule is CCNC(=O)c1cc(NCC2(CO)CCCC2)ccn1. The molecule has 0 aliphatic heterocycles. The number of hydrogen-bond acceptors (Lipinski definition) is 4. The van der Waals surface area contributed by atoms with Gasteiger partial charge >= 0.3 is 0 Å². The average Bonchev–Trinajstić information content (AvgIpc) is 2.95. The molecule has 1 fully saturated rings. The van der Waals surface area contributed by atoms with Crippen LogP contribution < -0.4 is 10.6 Å². The second-order valence-corrected chi connectivity index (χ2v) is 5.51. The van der Waals surface area contributed by atoms with Crippen LogP contribution in [-0.2, 0) is 0 Å². The second kappa shape index (κ2) is 6.70. The summed E-state index contributed by atoms with van der Waals surface area (Å²) >= 11 is 0. The molecule has 1 aliphatic carbocycles. The molecule has 110 valence electrons. The normalized spacial score (nSPS) is 16.9. The number of aliphatic hydroxyl groups is 1. The van der Waals surface area contributed by atoms with E-state index >= 15 is 0 Å². The molecule has 5 nitrogen and oxygen atoms in total. The summed E-state index contributed by atoms with van der Waals surface area (Å²) in [5.41, 5.74) is 1.29. The highest BCUT2D eigenvalue weighted by atomic mass is 16.3. The molecule has 1 heterocycles. The molecule has 3 N–H and O–H groups in total. The maximum absolute atomic E-state index is 11.7. The second-order valence-electron chi connectivity index (χ2n) is 5.51. The Labute approximate surface area is 119 Å². The lowest BCUT2D eigenvalue weighted by Gasteiger charge is -2.27. The number of nitrogens with zero attached hydrogens (tertiary/aromatic N) is 1. The van der Waals surface area contributed by atoms with Gasteiger partial charge in [-0.1, -0.05) is 12.8 Å². The maximum atomic E-state index is 11.7. The zero-order valence-corrected chi connectivity index (χ0v) is 12.0. The van der Waals surface area contributed by atoms with Gasteiger partial charge in [-0.2, -0.15) is 0 Å². The van der Waals surface area contributed by atoms with E-state index < -0.39 is 0 Å². The van der Waals surface area contributed by atoms with Crippen LogP contribution in [0.5, 0.6) is 0 Å². The van der Waals surface area contributed by atoms with E-state index in [9.17, 15) is 9.90 Å². The van der Waals surface area contributed by atoms with Gasteiger partial charge in [-0.25, -0.2) is 0 Å². The van der Waals surface area contributed by atoms with Crippen LogP contribution >= 0.6 is 0 Å². The van der Waals surface area contributed by atoms with Gasteiger partial charge in [-0.15, -0.1) is 0 Å². The summed E-state index contributed by atoms with van der Waals surface area (Å²) in [7, 11) is 0. The molecule has 20 heavy (non-hydrogen) atoms. The molecule has 2 rings (SSSR count). The van der Waals surface area contributed by atoms with Crippen molar-refractivity contribution in [3.8, 4) is 0 Å². The van der Waals surface area contributed by atoms with Crippen molar-refractivity contribution >= 4 is 11.6 Å². The molecule has 0 saturated heterocycles. The minimum Gasteiger partial charge on any atom is -0.396 e. The Morgan fingerprint density at radius 1 is 1.45 bits per heavy atom. The number of amides is 1. The van der Waals surface area contributed by atoms with E-state index in [-0.39, 0.29) is 17.9 Å². The van der Waals surface area contributed by atoms with Gasteiger partial charge in [0.1, 0.15) is 5.69 Å². The highest BCUT2D eigenvalue weighted by Gasteiger charge is 2.32. The minimum atomic E-state index is -0.158. The van der Waals surface area contributed by atoms with Crippen LogP contribution in [0.1, 0.15) is 43.1 Å². The molecule has 1 aliphatic rings. The third kappa shape index (κ3) is 3.48. The lowest BCUT2D eigenvalue weighted by Crippen LogP contribution is -2.30. The molecule has 0 spiro atoms. The quantitative estimate of drug-likeness (QED) is 0.741. The van der Waals surface area contributed by atoms with Crippen molar-refractivity contribution in [1.82, 2.24) is 10.3 Å². The van der Waals surface area contributed by atoms with Crippen molar-refractivity contribution < 1.29 is 9.90 Å². The van der Waals surface area contributed by atoms with Crippen LogP contribution in [0.15, 0.2) is 18.3 Å². The van der Waals surface area contributed by atoms with Gasteiger partial charge in [0.15, 0.2) is 0 Å². The van der Waals surface area contributed by atoms with E-state index in [4.69, 9.17) is 0 Å². The van der Waals surface area contributed by atoms with Gasteiger partial charge in [0.2, 0.25) is 0 Å². The molecule has 1 saturated carbocycles. The molecule has 5 heteroatoms. The van der Waals surface area contributed by atoms with Crippen molar-refractivity contribution in [2.75, 3.05) is 25.0 Å². The number of hydrogen-bond donors (Lipinski definition) is 3. The predicted molar refractivity (Wildman–Crippen MR) is 78.7 cm³/mol. The van der Waals surface area contributed by atoms with Crippen LogP contribution in [0, 0.1) is 5.41 Å². The fourth-order valence-corrected chi connectivity index (χ4v) is 2.72. The highest BCUT2D eigenvalue weighted by molar-refractivity contribution is 5.93. The van der Waals surface area contributed by atoms with Crippen molar-refractivity contribution in [2.45, 2.75) is 32.6 Å². The summed E-state index contributed by atoms with van der Waals surface area (Å²) in [4.78, 5) is 15.8. The standard InChI is InChI=1S/C15H23N3O2/c1-2-16-14(20)13-9-12(5-8-17-13)18-10-15(11-19)6-3-4-7-15/h5,8-9,19H,2-4,6-7,10-11H2,1H3,(H,16,20)(H,17,18). The predicted octanol–water partition coefficient (Wildman–Crippen LogP) is 1.80. The maximum Gasteiger partial charge on any atom is 0.269 e. The van der Waals surface area contributed by atoms with E-state index in [1.54, 1.807) is 12.3 Å². The average molecular weight is 277 g/mol. The number of carbonyl (C=O) groups excluding carboxylic acids is 1. The number of anilines is 1. The van der Waals surface area contributed by atoms with Crippen molar-refractivity contribution in [2.24, 2.45) is 5.41 Å². The summed E-state index contributed by atoms with van der Waals surface area (Å²) in [5, 5.41) is 15.7. The van der Waals surface area contributed by atoms with Gasteiger partial charge < -0.3 is 15.7 Å². The first-order valence-electron chi connectivity index (χ1n) is 7.28. The Kier molecular flexibility index (Phi) is 4.95. The third-order valence-electron chi connectivity index (χ3n) is 4.00. The lowest BCUT2D eigenvalue weighted by molar-refractivity contribution is 0.0951. The largest absolute Gasteiger partial charge is 0.396 e. The first-order valence-corrected chi connectivity index (χ1v) is 7.28. The smallest absolute Gasteiger partial charge is 0.269 e. The molecule has 0 bridgehead atoms. The summed E-state index contributed by atoms with van der Waals surface area (Å²) in [6, 6.07) is 3.60. The topological polar surface area (TPSA) is 74.2 Å². The van der Waals surface area contributed by atoms with Crippen molar-refractivity contribution in [1.29, 1.82) is 0 Å². The molecule has 1 amide bonds. The van der Waals surface area contributed by atoms with Crippen LogP contribution in [0.4, 0.5) is 5.69 Å². The summed E-state index contributed by atoms with van der Waals surface area (Å²) in [6.45, 7) is 3.42. The van der Waals surface area contributed by atoms with E-state index in [0.717, 1.165) is 25.1 Å². The summed E-state index contributed by atoms with van der Waals surface area (Å²) in [6.07, 6.45) is 6.12. The molecule has 1 aromatic heterocycles. The Hall–Kier alpha value is -1.62.